The Morgan fingerprint density at radius 3 is 2.12 bits per heavy atom. The van der Waals surface area contributed by atoms with E-state index in [2.05, 4.69) is 4.98 Å². The summed E-state index contributed by atoms with van der Waals surface area (Å²) >= 11 is 0. The van der Waals surface area contributed by atoms with Crippen molar-refractivity contribution in [1.29, 1.82) is 0 Å². The van der Waals surface area contributed by atoms with E-state index in [1.54, 1.807) is 18.5 Å². The van der Waals surface area contributed by atoms with Crippen molar-refractivity contribution in [3.8, 4) is 0 Å². The molecule has 96 valence electrons. The number of aromatic nitrogens is 1. The maximum atomic E-state index is 12.8. The molecule has 1 heterocycles. The number of hydrogen-bond donors (Lipinski definition) is 0. The SMILES string of the molecule is Cc1cnccc1P(=O)(OC(C)C)OC(C)C. The summed E-state index contributed by atoms with van der Waals surface area (Å²) in [6.07, 6.45) is 2.94. The molecule has 0 aliphatic rings. The minimum Gasteiger partial charge on any atom is -0.302 e. The van der Waals surface area contributed by atoms with Crippen LogP contribution in [0.3, 0.4) is 0 Å². The molecule has 0 aliphatic heterocycles. The molecule has 0 amide bonds. The van der Waals surface area contributed by atoms with Crippen LogP contribution in [0.25, 0.3) is 0 Å². The summed E-state index contributed by atoms with van der Waals surface area (Å²) in [6, 6.07) is 1.70. The van der Waals surface area contributed by atoms with Crippen LogP contribution in [0.1, 0.15) is 33.3 Å². The quantitative estimate of drug-likeness (QED) is 0.761. The first-order valence-corrected chi connectivity index (χ1v) is 7.27. The van der Waals surface area contributed by atoms with E-state index in [4.69, 9.17) is 9.05 Å². The van der Waals surface area contributed by atoms with Gasteiger partial charge in [-0.25, -0.2) is 0 Å². The Morgan fingerprint density at radius 1 is 1.18 bits per heavy atom. The number of hydrogen-bond acceptors (Lipinski definition) is 4. The molecule has 17 heavy (non-hydrogen) atoms. The second-order valence-corrected chi connectivity index (χ2v) is 6.37. The molecular formula is C12H20NO3P. The Hall–Kier alpha value is -0.700. The van der Waals surface area contributed by atoms with E-state index < -0.39 is 7.60 Å². The number of nitrogens with zero attached hydrogens (tertiary/aromatic N) is 1. The molecule has 4 nitrogen and oxygen atoms in total. The minimum absolute atomic E-state index is 0.160. The van der Waals surface area contributed by atoms with Gasteiger partial charge >= 0.3 is 7.60 Å². The highest BCUT2D eigenvalue weighted by Crippen LogP contribution is 2.49. The van der Waals surface area contributed by atoms with Gasteiger partial charge in [-0.1, -0.05) is 0 Å². The fourth-order valence-corrected chi connectivity index (χ4v) is 3.59. The molecule has 1 aromatic rings. The van der Waals surface area contributed by atoms with Crippen LogP contribution in [0.2, 0.25) is 0 Å². The number of rotatable bonds is 5. The summed E-state index contributed by atoms with van der Waals surface area (Å²) in [5.41, 5.74) is 0.817. The van der Waals surface area contributed by atoms with E-state index in [9.17, 15) is 4.57 Å². The summed E-state index contributed by atoms with van der Waals surface area (Å²) in [5.74, 6) is 0. The topological polar surface area (TPSA) is 48.4 Å². The van der Waals surface area contributed by atoms with Gasteiger partial charge in [-0.2, -0.15) is 0 Å². The van der Waals surface area contributed by atoms with E-state index in [0.29, 0.717) is 5.30 Å². The van der Waals surface area contributed by atoms with Crippen LogP contribution in [-0.4, -0.2) is 17.2 Å². The first-order valence-electron chi connectivity index (χ1n) is 5.73. The van der Waals surface area contributed by atoms with Gasteiger partial charge in [0.05, 0.1) is 17.5 Å². The van der Waals surface area contributed by atoms with Crippen LogP contribution < -0.4 is 5.30 Å². The average molecular weight is 257 g/mol. The van der Waals surface area contributed by atoms with Crippen molar-refractivity contribution in [2.24, 2.45) is 0 Å². The van der Waals surface area contributed by atoms with Crippen LogP contribution in [0, 0.1) is 6.92 Å². The largest absolute Gasteiger partial charge is 0.362 e. The normalized spacial score (nSPS) is 12.4. The highest BCUT2D eigenvalue weighted by molar-refractivity contribution is 7.62. The third-order valence-electron chi connectivity index (χ3n) is 1.98. The molecule has 0 N–H and O–H groups in total. The van der Waals surface area contributed by atoms with Crippen molar-refractivity contribution < 1.29 is 13.6 Å². The highest BCUT2D eigenvalue weighted by atomic mass is 31.2. The molecule has 0 saturated heterocycles. The Kier molecular flexibility index (Phi) is 4.87. The van der Waals surface area contributed by atoms with Crippen LogP contribution in [-0.2, 0) is 13.6 Å². The molecule has 0 atom stereocenters. The van der Waals surface area contributed by atoms with Crippen LogP contribution in [0.4, 0.5) is 0 Å². The lowest BCUT2D eigenvalue weighted by molar-refractivity contribution is 0.150. The maximum absolute atomic E-state index is 12.8. The molecule has 0 unspecified atom stereocenters. The molecule has 0 bridgehead atoms. The number of aryl methyl sites for hydroxylation is 1. The first-order chi connectivity index (χ1) is 7.85. The van der Waals surface area contributed by atoms with Crippen molar-refractivity contribution in [3.63, 3.8) is 0 Å². The minimum atomic E-state index is -3.26. The van der Waals surface area contributed by atoms with E-state index >= 15 is 0 Å². The van der Waals surface area contributed by atoms with E-state index in [0.717, 1.165) is 5.56 Å². The van der Waals surface area contributed by atoms with Crippen LogP contribution in [0.5, 0.6) is 0 Å². The summed E-state index contributed by atoms with van der Waals surface area (Å²) in [7, 11) is -3.26. The lowest BCUT2D eigenvalue weighted by atomic mass is 10.3. The van der Waals surface area contributed by atoms with Gasteiger partial charge in [0.25, 0.3) is 0 Å². The molecule has 0 aliphatic carbocycles. The average Bonchev–Trinajstić information content (AvgIpc) is 2.15. The summed E-state index contributed by atoms with van der Waals surface area (Å²) in [5, 5.41) is 0.592. The Bertz CT molecular complexity index is 404. The van der Waals surface area contributed by atoms with Gasteiger partial charge in [-0.05, 0) is 46.2 Å². The lowest BCUT2D eigenvalue weighted by Crippen LogP contribution is -2.19. The number of pyridine rings is 1. The third-order valence-corrected chi connectivity index (χ3v) is 4.48. The van der Waals surface area contributed by atoms with Gasteiger partial charge in [0.1, 0.15) is 0 Å². The fourth-order valence-electron chi connectivity index (χ4n) is 1.47. The molecule has 0 saturated carbocycles. The van der Waals surface area contributed by atoms with Crippen molar-refractivity contribution >= 4 is 12.9 Å². The fraction of sp³-hybridized carbons (Fsp3) is 0.583. The second kappa shape index (κ2) is 5.76. The Labute approximate surface area is 103 Å². The van der Waals surface area contributed by atoms with Crippen LogP contribution >= 0.6 is 7.60 Å². The molecule has 0 aromatic carbocycles. The summed E-state index contributed by atoms with van der Waals surface area (Å²) < 4.78 is 23.8. The standard InChI is InChI=1S/C12H20NO3P/c1-9(2)15-17(14,16-10(3)4)12-6-7-13-8-11(12)5/h6-10H,1-5H3. The van der Waals surface area contributed by atoms with Gasteiger partial charge in [0.15, 0.2) is 0 Å². The highest BCUT2D eigenvalue weighted by Gasteiger charge is 2.31. The molecule has 5 heteroatoms. The van der Waals surface area contributed by atoms with E-state index in [1.807, 2.05) is 34.6 Å². The van der Waals surface area contributed by atoms with Gasteiger partial charge in [0, 0.05) is 12.4 Å². The van der Waals surface area contributed by atoms with Gasteiger partial charge in [-0.15, -0.1) is 0 Å². The van der Waals surface area contributed by atoms with Crippen molar-refractivity contribution in [2.45, 2.75) is 46.8 Å². The van der Waals surface area contributed by atoms with Crippen molar-refractivity contribution in [3.05, 3.63) is 24.0 Å². The maximum Gasteiger partial charge on any atom is 0.362 e. The molecular weight excluding hydrogens is 237 g/mol. The lowest BCUT2D eigenvalue weighted by Gasteiger charge is -2.23. The van der Waals surface area contributed by atoms with E-state index in [1.165, 1.54) is 0 Å². The zero-order valence-corrected chi connectivity index (χ0v) is 11.9. The third kappa shape index (κ3) is 3.91. The van der Waals surface area contributed by atoms with Crippen LogP contribution in [0.15, 0.2) is 18.5 Å². The zero-order valence-electron chi connectivity index (χ0n) is 11.0. The second-order valence-electron chi connectivity index (χ2n) is 4.47. The van der Waals surface area contributed by atoms with Gasteiger partial charge < -0.3 is 9.05 Å². The Balaban J connectivity index is 3.15. The van der Waals surface area contributed by atoms with Crippen molar-refractivity contribution in [2.75, 3.05) is 0 Å². The molecule has 1 aromatic heterocycles. The Morgan fingerprint density at radius 2 is 1.71 bits per heavy atom. The molecule has 0 fully saturated rings. The predicted molar refractivity (Wildman–Crippen MR) is 68.7 cm³/mol. The van der Waals surface area contributed by atoms with Gasteiger partial charge in [0.2, 0.25) is 0 Å². The zero-order chi connectivity index (χ0) is 13.1. The monoisotopic (exact) mass is 257 g/mol. The van der Waals surface area contributed by atoms with E-state index in [-0.39, 0.29) is 12.2 Å². The first kappa shape index (κ1) is 14.4. The molecule has 0 radical (unpaired) electrons. The molecule has 0 spiro atoms. The summed E-state index contributed by atoms with van der Waals surface area (Å²) in [4.78, 5) is 3.98. The van der Waals surface area contributed by atoms with Crippen molar-refractivity contribution in [1.82, 2.24) is 4.98 Å². The smallest absolute Gasteiger partial charge is 0.302 e. The van der Waals surface area contributed by atoms with Gasteiger partial charge in [-0.3, -0.25) is 9.55 Å². The predicted octanol–water partition coefficient (Wildman–Crippen LogP) is 3.06. The molecule has 1 rings (SSSR count). The summed E-state index contributed by atoms with van der Waals surface area (Å²) in [6.45, 7) is 9.21.